The maximum Gasteiger partial charge on any atom is 0.254 e. The van der Waals surface area contributed by atoms with Gasteiger partial charge in [-0.3, -0.25) is 4.79 Å². The van der Waals surface area contributed by atoms with Crippen molar-refractivity contribution in [1.82, 2.24) is 4.90 Å². The number of benzene rings is 1. The van der Waals surface area contributed by atoms with Crippen LogP contribution >= 0.6 is 0 Å². The Kier molecular flexibility index (Phi) is 3.97. The van der Waals surface area contributed by atoms with Crippen LogP contribution in [0.5, 0.6) is 0 Å². The first-order valence-corrected chi connectivity index (χ1v) is 7.28. The van der Waals surface area contributed by atoms with Gasteiger partial charge in [0.1, 0.15) is 0 Å². The number of carbonyl (C=O) groups is 1. The zero-order valence-electron chi connectivity index (χ0n) is 13.1. The molecule has 0 unspecified atom stereocenters. The van der Waals surface area contributed by atoms with E-state index in [0.29, 0.717) is 11.3 Å². The van der Waals surface area contributed by atoms with Crippen molar-refractivity contribution in [3.63, 3.8) is 0 Å². The summed E-state index contributed by atoms with van der Waals surface area (Å²) in [5, 5.41) is 3.53. The van der Waals surface area contributed by atoms with Gasteiger partial charge in [-0.2, -0.15) is 0 Å². The van der Waals surface area contributed by atoms with E-state index < -0.39 is 0 Å². The lowest BCUT2D eigenvalue weighted by atomic mass is 9.79. The molecule has 0 saturated carbocycles. The number of carbonyl (C=O) groups excluding carboxylic acids is 1. The highest BCUT2D eigenvalue weighted by Crippen LogP contribution is 2.39. The predicted octanol–water partition coefficient (Wildman–Crippen LogP) is 4.81. The average Bonchev–Trinajstić information content (AvgIpc) is 2.37. The second kappa shape index (κ2) is 5.41. The molecule has 5 heteroatoms. The molecule has 112 valence electrons. The summed E-state index contributed by atoms with van der Waals surface area (Å²) >= 11 is 0. The summed E-state index contributed by atoms with van der Waals surface area (Å²) in [5.41, 5.74) is 9.28. The van der Waals surface area contributed by atoms with Crippen molar-refractivity contribution in [2.75, 3.05) is 0 Å². The number of hydrogen-bond acceptors (Lipinski definition) is 2. The van der Waals surface area contributed by atoms with E-state index in [1.807, 2.05) is 4.90 Å². The van der Waals surface area contributed by atoms with Crippen LogP contribution in [0.25, 0.3) is 10.4 Å². The standard InChI is InChI=1S/C16H22N4O/c1-15(2)10-5-11-16(3,4)20(15)14(21)12-6-8-13(9-7-12)18-19-17/h6-9H,5,10-11H2,1-4H3. The van der Waals surface area contributed by atoms with E-state index in [2.05, 4.69) is 37.7 Å². The van der Waals surface area contributed by atoms with Crippen LogP contribution in [0.4, 0.5) is 5.69 Å². The summed E-state index contributed by atoms with van der Waals surface area (Å²) in [6.45, 7) is 8.50. The Hall–Kier alpha value is -2.00. The van der Waals surface area contributed by atoms with E-state index in [-0.39, 0.29) is 17.0 Å². The number of likely N-dealkylation sites (tertiary alicyclic amines) is 1. The molecule has 1 aliphatic rings. The first-order valence-electron chi connectivity index (χ1n) is 7.28. The summed E-state index contributed by atoms with van der Waals surface area (Å²) in [4.78, 5) is 17.7. The number of nitrogens with zero attached hydrogens (tertiary/aromatic N) is 4. The highest BCUT2D eigenvalue weighted by Gasteiger charge is 2.44. The Morgan fingerprint density at radius 3 is 2.14 bits per heavy atom. The Morgan fingerprint density at radius 2 is 1.67 bits per heavy atom. The second-order valence-corrected chi connectivity index (χ2v) is 6.86. The Labute approximate surface area is 125 Å². The summed E-state index contributed by atoms with van der Waals surface area (Å²) < 4.78 is 0. The molecule has 2 rings (SSSR count). The van der Waals surface area contributed by atoms with Gasteiger partial charge < -0.3 is 4.90 Å². The highest BCUT2D eigenvalue weighted by atomic mass is 16.2. The molecular formula is C16H22N4O. The van der Waals surface area contributed by atoms with Crippen LogP contribution in [0.2, 0.25) is 0 Å². The fraction of sp³-hybridized carbons (Fsp3) is 0.562. The topological polar surface area (TPSA) is 69.1 Å². The minimum absolute atomic E-state index is 0.0391. The molecule has 0 bridgehead atoms. The Bertz CT molecular complexity index is 567. The van der Waals surface area contributed by atoms with Crippen molar-refractivity contribution in [2.24, 2.45) is 5.11 Å². The summed E-state index contributed by atoms with van der Waals surface area (Å²) in [7, 11) is 0. The smallest absolute Gasteiger partial charge is 0.254 e. The SMILES string of the molecule is CC1(C)CCCC(C)(C)N1C(=O)c1ccc(N=[N+]=[N-])cc1. The van der Waals surface area contributed by atoms with Crippen LogP contribution in [0, 0.1) is 0 Å². The largest absolute Gasteiger partial charge is 0.328 e. The van der Waals surface area contributed by atoms with Crippen molar-refractivity contribution in [2.45, 2.75) is 58.0 Å². The first kappa shape index (κ1) is 15.4. The van der Waals surface area contributed by atoms with Gasteiger partial charge in [0.25, 0.3) is 5.91 Å². The molecule has 0 spiro atoms. The van der Waals surface area contributed by atoms with Crippen molar-refractivity contribution >= 4 is 11.6 Å². The van der Waals surface area contributed by atoms with E-state index in [1.165, 1.54) is 0 Å². The van der Waals surface area contributed by atoms with E-state index in [4.69, 9.17) is 5.53 Å². The molecule has 1 amide bonds. The lowest BCUT2D eigenvalue weighted by molar-refractivity contribution is -0.0111. The third-order valence-corrected chi connectivity index (χ3v) is 4.27. The van der Waals surface area contributed by atoms with E-state index in [0.717, 1.165) is 19.3 Å². The van der Waals surface area contributed by atoms with Gasteiger partial charge in [-0.05, 0) is 64.6 Å². The highest BCUT2D eigenvalue weighted by molar-refractivity contribution is 5.95. The Morgan fingerprint density at radius 1 is 1.14 bits per heavy atom. The van der Waals surface area contributed by atoms with Crippen LogP contribution in [0.15, 0.2) is 29.4 Å². The quantitative estimate of drug-likeness (QED) is 0.437. The van der Waals surface area contributed by atoms with E-state index in [9.17, 15) is 4.79 Å². The monoisotopic (exact) mass is 286 g/mol. The average molecular weight is 286 g/mol. The fourth-order valence-electron chi connectivity index (χ4n) is 3.40. The van der Waals surface area contributed by atoms with E-state index >= 15 is 0 Å². The molecular weight excluding hydrogens is 264 g/mol. The molecule has 1 aromatic rings. The molecule has 0 aliphatic carbocycles. The van der Waals surface area contributed by atoms with Crippen molar-refractivity contribution in [3.8, 4) is 0 Å². The van der Waals surface area contributed by atoms with Crippen LogP contribution in [0.3, 0.4) is 0 Å². The minimum atomic E-state index is -0.150. The third kappa shape index (κ3) is 3.03. The molecule has 5 nitrogen and oxygen atoms in total. The predicted molar refractivity (Wildman–Crippen MR) is 83.4 cm³/mol. The molecule has 1 aromatic carbocycles. The number of piperidine rings is 1. The van der Waals surface area contributed by atoms with E-state index in [1.54, 1.807) is 24.3 Å². The summed E-state index contributed by atoms with van der Waals surface area (Å²) in [6.07, 6.45) is 3.16. The van der Waals surface area contributed by atoms with Crippen molar-refractivity contribution in [3.05, 3.63) is 40.3 Å². The van der Waals surface area contributed by atoms with Crippen LogP contribution in [-0.2, 0) is 0 Å². The fourth-order valence-corrected chi connectivity index (χ4v) is 3.40. The van der Waals surface area contributed by atoms with Gasteiger partial charge in [-0.1, -0.05) is 17.2 Å². The minimum Gasteiger partial charge on any atom is -0.328 e. The third-order valence-electron chi connectivity index (χ3n) is 4.27. The second-order valence-electron chi connectivity index (χ2n) is 6.86. The zero-order valence-corrected chi connectivity index (χ0v) is 13.1. The maximum absolute atomic E-state index is 12.9. The number of amides is 1. The van der Waals surface area contributed by atoms with Gasteiger partial charge in [0, 0.05) is 27.2 Å². The lowest BCUT2D eigenvalue weighted by Crippen LogP contribution is -2.60. The van der Waals surface area contributed by atoms with Crippen LogP contribution < -0.4 is 0 Å². The number of rotatable bonds is 2. The molecule has 1 fully saturated rings. The molecule has 1 heterocycles. The van der Waals surface area contributed by atoms with Gasteiger partial charge in [-0.15, -0.1) is 0 Å². The van der Waals surface area contributed by atoms with Gasteiger partial charge >= 0.3 is 0 Å². The van der Waals surface area contributed by atoms with Gasteiger partial charge in [0.2, 0.25) is 0 Å². The molecule has 0 aromatic heterocycles. The van der Waals surface area contributed by atoms with Crippen molar-refractivity contribution in [1.29, 1.82) is 0 Å². The molecule has 21 heavy (non-hydrogen) atoms. The van der Waals surface area contributed by atoms with Crippen LogP contribution in [0.1, 0.15) is 57.3 Å². The molecule has 1 saturated heterocycles. The number of hydrogen-bond donors (Lipinski definition) is 0. The zero-order chi connectivity index (χ0) is 15.7. The van der Waals surface area contributed by atoms with Gasteiger partial charge in [0.05, 0.1) is 0 Å². The molecule has 0 atom stereocenters. The Balaban J connectivity index is 2.34. The van der Waals surface area contributed by atoms with Crippen LogP contribution in [-0.4, -0.2) is 21.9 Å². The van der Waals surface area contributed by atoms with Crippen molar-refractivity contribution < 1.29 is 4.79 Å². The van der Waals surface area contributed by atoms with Gasteiger partial charge in [0.15, 0.2) is 0 Å². The number of azide groups is 1. The summed E-state index contributed by atoms with van der Waals surface area (Å²) in [5.74, 6) is 0.0391. The molecule has 1 aliphatic heterocycles. The normalized spacial score (nSPS) is 19.7. The summed E-state index contributed by atoms with van der Waals surface area (Å²) in [6, 6.07) is 6.81. The molecule has 0 N–H and O–H groups in total. The van der Waals surface area contributed by atoms with Gasteiger partial charge in [-0.25, -0.2) is 0 Å². The lowest BCUT2D eigenvalue weighted by Gasteiger charge is -2.53. The first-order chi connectivity index (χ1) is 9.78. The maximum atomic E-state index is 12.9. The molecule has 0 radical (unpaired) electrons.